The van der Waals surface area contributed by atoms with Crippen molar-refractivity contribution in [3.63, 3.8) is 0 Å². The highest BCUT2D eigenvalue weighted by molar-refractivity contribution is 6.37. The molecule has 0 rings (SSSR count). The molecule has 4 atom stereocenters. The van der Waals surface area contributed by atoms with E-state index in [1.165, 1.54) is 44.8 Å². The maximum absolute atomic E-state index is 2.47. The standard InChI is InChI=1S/C17H36B/c1-7-10-17(8-2)13-15(5)11-14(4)12-16(6)18-9-3/h14-17H,7-13H2,1-6H3. The summed E-state index contributed by atoms with van der Waals surface area (Å²) in [6.45, 7) is 14.2. The summed E-state index contributed by atoms with van der Waals surface area (Å²) in [5.74, 6) is 3.56. The second kappa shape index (κ2) is 10.9. The van der Waals surface area contributed by atoms with Crippen LogP contribution in [0.15, 0.2) is 0 Å². The lowest BCUT2D eigenvalue weighted by molar-refractivity contribution is 0.305. The number of hydrogen-bond acceptors (Lipinski definition) is 0. The molecule has 18 heavy (non-hydrogen) atoms. The van der Waals surface area contributed by atoms with Crippen LogP contribution < -0.4 is 0 Å². The molecule has 0 aliphatic rings. The molecule has 0 amide bonds. The normalized spacial score (nSPS) is 18.1. The van der Waals surface area contributed by atoms with Crippen LogP contribution in [0.2, 0.25) is 12.1 Å². The van der Waals surface area contributed by atoms with E-state index >= 15 is 0 Å². The summed E-state index contributed by atoms with van der Waals surface area (Å²) < 4.78 is 0. The molecule has 0 spiro atoms. The first-order valence-electron chi connectivity index (χ1n) is 8.36. The number of hydrogen-bond donors (Lipinski definition) is 0. The van der Waals surface area contributed by atoms with Gasteiger partial charge in [-0.3, -0.25) is 0 Å². The van der Waals surface area contributed by atoms with Gasteiger partial charge in [-0.05, 0) is 30.6 Å². The van der Waals surface area contributed by atoms with Gasteiger partial charge in [-0.2, -0.15) is 0 Å². The first-order valence-corrected chi connectivity index (χ1v) is 8.36. The lowest BCUT2D eigenvalue weighted by Gasteiger charge is -2.23. The van der Waals surface area contributed by atoms with Crippen LogP contribution in [-0.2, 0) is 0 Å². The van der Waals surface area contributed by atoms with E-state index < -0.39 is 0 Å². The Kier molecular flexibility index (Phi) is 11.0. The summed E-state index contributed by atoms with van der Waals surface area (Å²) in [6.07, 6.45) is 9.61. The third-order valence-corrected chi connectivity index (χ3v) is 4.23. The fourth-order valence-electron chi connectivity index (χ4n) is 3.48. The van der Waals surface area contributed by atoms with Crippen molar-refractivity contribution >= 4 is 7.28 Å². The van der Waals surface area contributed by atoms with Crippen molar-refractivity contribution in [2.45, 2.75) is 92.2 Å². The van der Waals surface area contributed by atoms with Crippen LogP contribution in [0.4, 0.5) is 0 Å². The molecule has 0 bridgehead atoms. The molecule has 0 nitrogen and oxygen atoms in total. The molecule has 0 saturated heterocycles. The van der Waals surface area contributed by atoms with E-state index in [4.69, 9.17) is 0 Å². The molecular weight excluding hydrogens is 215 g/mol. The van der Waals surface area contributed by atoms with Crippen molar-refractivity contribution < 1.29 is 0 Å². The van der Waals surface area contributed by atoms with Crippen LogP contribution in [0.5, 0.6) is 0 Å². The molecule has 0 saturated carbocycles. The summed E-state index contributed by atoms with van der Waals surface area (Å²) in [5.41, 5.74) is 0. The lowest BCUT2D eigenvalue weighted by Crippen LogP contribution is -2.11. The van der Waals surface area contributed by atoms with Crippen LogP contribution in [0.3, 0.4) is 0 Å². The molecule has 0 aromatic heterocycles. The van der Waals surface area contributed by atoms with E-state index in [0.29, 0.717) is 0 Å². The SMILES string of the molecule is CC[B]C(C)CC(C)CC(C)CC(CC)CCC. The Morgan fingerprint density at radius 1 is 0.833 bits per heavy atom. The topological polar surface area (TPSA) is 0 Å². The van der Waals surface area contributed by atoms with Gasteiger partial charge in [-0.1, -0.05) is 79.4 Å². The van der Waals surface area contributed by atoms with Gasteiger partial charge in [-0.15, -0.1) is 0 Å². The van der Waals surface area contributed by atoms with Crippen molar-refractivity contribution in [2.75, 3.05) is 0 Å². The molecule has 0 aliphatic heterocycles. The molecule has 0 heterocycles. The van der Waals surface area contributed by atoms with Crippen LogP contribution >= 0.6 is 0 Å². The zero-order chi connectivity index (χ0) is 14.0. The molecule has 107 valence electrons. The third kappa shape index (κ3) is 9.06. The van der Waals surface area contributed by atoms with Crippen LogP contribution in [-0.4, -0.2) is 7.28 Å². The maximum atomic E-state index is 2.47. The molecule has 0 aromatic carbocycles. The Morgan fingerprint density at radius 2 is 1.44 bits per heavy atom. The predicted octanol–water partition coefficient (Wildman–Crippen LogP) is 6.21. The van der Waals surface area contributed by atoms with Gasteiger partial charge >= 0.3 is 0 Å². The predicted molar refractivity (Wildman–Crippen MR) is 86.5 cm³/mol. The highest BCUT2D eigenvalue weighted by Crippen LogP contribution is 2.28. The molecule has 0 aliphatic carbocycles. The van der Waals surface area contributed by atoms with Gasteiger partial charge < -0.3 is 0 Å². The van der Waals surface area contributed by atoms with E-state index in [2.05, 4.69) is 48.8 Å². The maximum Gasteiger partial charge on any atom is 0.112 e. The minimum absolute atomic E-state index is 0.801. The average Bonchev–Trinajstić information content (AvgIpc) is 2.28. The Bertz CT molecular complexity index is 178. The van der Waals surface area contributed by atoms with Gasteiger partial charge in [0.15, 0.2) is 0 Å². The van der Waals surface area contributed by atoms with Crippen molar-refractivity contribution in [1.82, 2.24) is 0 Å². The first kappa shape index (κ1) is 18.1. The minimum Gasteiger partial charge on any atom is -0.0827 e. The summed E-state index contributed by atoms with van der Waals surface area (Å²) in [5, 5.41) is 0. The highest BCUT2D eigenvalue weighted by atomic mass is 14.2. The van der Waals surface area contributed by atoms with E-state index in [0.717, 1.165) is 23.6 Å². The monoisotopic (exact) mass is 251 g/mol. The third-order valence-electron chi connectivity index (χ3n) is 4.23. The van der Waals surface area contributed by atoms with Crippen molar-refractivity contribution in [1.29, 1.82) is 0 Å². The van der Waals surface area contributed by atoms with Gasteiger partial charge in [0.1, 0.15) is 7.28 Å². The van der Waals surface area contributed by atoms with Gasteiger partial charge in [-0.25, -0.2) is 0 Å². The van der Waals surface area contributed by atoms with Crippen LogP contribution in [0.1, 0.15) is 80.1 Å². The Balaban J connectivity index is 3.87. The Labute approximate surface area is 118 Å². The van der Waals surface area contributed by atoms with Gasteiger partial charge in [0, 0.05) is 0 Å². The van der Waals surface area contributed by atoms with Crippen LogP contribution in [0, 0.1) is 17.8 Å². The highest BCUT2D eigenvalue weighted by Gasteiger charge is 2.15. The van der Waals surface area contributed by atoms with E-state index in [1.807, 2.05) is 0 Å². The Hall–Kier alpha value is 0.0649. The molecule has 1 radical (unpaired) electrons. The summed E-state index contributed by atoms with van der Waals surface area (Å²) >= 11 is 0. The van der Waals surface area contributed by atoms with Gasteiger partial charge in [0.2, 0.25) is 0 Å². The van der Waals surface area contributed by atoms with E-state index in [9.17, 15) is 0 Å². The molecular formula is C17H36B. The second-order valence-electron chi connectivity index (χ2n) is 6.60. The van der Waals surface area contributed by atoms with Gasteiger partial charge in [0.25, 0.3) is 0 Å². The molecule has 0 N–H and O–H groups in total. The molecule has 0 aromatic rings. The molecule has 0 fully saturated rings. The van der Waals surface area contributed by atoms with Crippen molar-refractivity contribution in [2.24, 2.45) is 17.8 Å². The lowest BCUT2D eigenvalue weighted by atomic mass is 9.60. The van der Waals surface area contributed by atoms with Gasteiger partial charge in [0.05, 0.1) is 0 Å². The van der Waals surface area contributed by atoms with Crippen LogP contribution in [0.25, 0.3) is 0 Å². The second-order valence-corrected chi connectivity index (χ2v) is 6.60. The zero-order valence-electron chi connectivity index (χ0n) is 13.8. The zero-order valence-corrected chi connectivity index (χ0v) is 13.8. The summed E-state index contributed by atoms with van der Waals surface area (Å²) in [6, 6.07) is 0. The number of rotatable bonds is 11. The fraction of sp³-hybridized carbons (Fsp3) is 1.00. The summed E-state index contributed by atoms with van der Waals surface area (Å²) in [7, 11) is 2.47. The fourth-order valence-corrected chi connectivity index (χ4v) is 3.48. The van der Waals surface area contributed by atoms with Crippen molar-refractivity contribution in [3.8, 4) is 0 Å². The van der Waals surface area contributed by atoms with Crippen molar-refractivity contribution in [3.05, 3.63) is 0 Å². The quantitative estimate of drug-likeness (QED) is 0.383. The average molecular weight is 251 g/mol. The van der Waals surface area contributed by atoms with E-state index in [-0.39, 0.29) is 0 Å². The largest absolute Gasteiger partial charge is 0.112 e. The minimum atomic E-state index is 0.801. The first-order chi connectivity index (χ1) is 8.53. The molecule has 4 unspecified atom stereocenters. The molecule has 1 heteroatoms. The smallest absolute Gasteiger partial charge is 0.0827 e. The summed E-state index contributed by atoms with van der Waals surface area (Å²) in [4.78, 5) is 0. The Morgan fingerprint density at radius 3 is 1.94 bits per heavy atom. The van der Waals surface area contributed by atoms with E-state index in [1.54, 1.807) is 0 Å².